The molecule has 1 aliphatic heterocycles. The van der Waals surface area contributed by atoms with Crippen LogP contribution in [0.5, 0.6) is 0 Å². The van der Waals surface area contributed by atoms with Crippen molar-refractivity contribution < 1.29 is 18.8 Å². The van der Waals surface area contributed by atoms with Crippen LogP contribution in [0.4, 0.5) is 5.82 Å². The quantitative estimate of drug-likeness (QED) is 0.570. The first-order chi connectivity index (χ1) is 16.0. The normalized spacial score (nSPS) is 18.1. The van der Waals surface area contributed by atoms with Gasteiger partial charge < -0.3 is 24.8 Å². The van der Waals surface area contributed by atoms with Gasteiger partial charge in [-0.05, 0) is 25.5 Å². The van der Waals surface area contributed by atoms with Gasteiger partial charge in [-0.25, -0.2) is 4.98 Å². The fourth-order valence-electron chi connectivity index (χ4n) is 3.71. The molecule has 2 unspecified atom stereocenters. The van der Waals surface area contributed by atoms with Crippen LogP contribution in [-0.2, 0) is 16.1 Å². The van der Waals surface area contributed by atoms with Gasteiger partial charge in [0, 0.05) is 37.5 Å². The number of ether oxygens (including phenoxy) is 1. The van der Waals surface area contributed by atoms with E-state index in [9.17, 15) is 9.59 Å². The molecule has 2 amide bonds. The molecule has 0 bridgehead atoms. The number of benzene rings is 1. The highest BCUT2D eigenvalue weighted by molar-refractivity contribution is 5.95. The van der Waals surface area contributed by atoms with Gasteiger partial charge in [-0.1, -0.05) is 41.6 Å². The van der Waals surface area contributed by atoms with Gasteiger partial charge in [0.05, 0.1) is 18.8 Å². The molecule has 2 aromatic heterocycles. The highest BCUT2D eigenvalue weighted by Gasteiger charge is 2.23. The van der Waals surface area contributed by atoms with Crippen LogP contribution in [0.2, 0.25) is 0 Å². The van der Waals surface area contributed by atoms with E-state index >= 15 is 0 Å². The van der Waals surface area contributed by atoms with E-state index in [0.29, 0.717) is 12.3 Å². The molecule has 2 N–H and O–H groups in total. The Bertz CT molecular complexity index is 1070. The van der Waals surface area contributed by atoms with Crippen LogP contribution < -0.4 is 15.5 Å². The number of anilines is 1. The molecule has 1 saturated heterocycles. The largest absolute Gasteiger partial charge is 0.372 e. The average Bonchev–Trinajstić information content (AvgIpc) is 3.32. The molecule has 172 valence electrons. The van der Waals surface area contributed by atoms with Crippen molar-refractivity contribution in [3.05, 3.63) is 66.0 Å². The predicted octanol–water partition coefficient (Wildman–Crippen LogP) is 2.40. The second-order valence-corrected chi connectivity index (χ2v) is 8.09. The van der Waals surface area contributed by atoms with Crippen molar-refractivity contribution in [3.63, 3.8) is 0 Å². The number of pyridine rings is 1. The zero-order chi connectivity index (χ0) is 23.2. The molecule has 3 aromatic rings. The Morgan fingerprint density at radius 1 is 1.06 bits per heavy atom. The Balaban J connectivity index is 1.23. The van der Waals surface area contributed by atoms with Crippen LogP contribution >= 0.6 is 0 Å². The monoisotopic (exact) mass is 449 g/mol. The molecule has 1 aliphatic rings. The second kappa shape index (κ2) is 10.3. The minimum atomic E-state index is -0.476. The summed E-state index contributed by atoms with van der Waals surface area (Å²) in [7, 11) is 0. The van der Waals surface area contributed by atoms with E-state index < -0.39 is 5.91 Å². The minimum Gasteiger partial charge on any atom is -0.372 e. The van der Waals surface area contributed by atoms with E-state index in [1.54, 1.807) is 12.3 Å². The Hall–Kier alpha value is -3.72. The number of carbonyl (C=O) groups is 2. The van der Waals surface area contributed by atoms with Gasteiger partial charge in [-0.3, -0.25) is 9.59 Å². The lowest BCUT2D eigenvalue weighted by Crippen LogP contribution is -2.45. The van der Waals surface area contributed by atoms with Crippen molar-refractivity contribution in [1.82, 2.24) is 20.8 Å². The number of amides is 2. The van der Waals surface area contributed by atoms with Crippen molar-refractivity contribution in [2.75, 3.05) is 24.5 Å². The maximum atomic E-state index is 12.3. The van der Waals surface area contributed by atoms with Crippen molar-refractivity contribution in [2.45, 2.75) is 32.6 Å². The summed E-state index contributed by atoms with van der Waals surface area (Å²) in [5.74, 6) is 0.593. The fourth-order valence-corrected chi connectivity index (χ4v) is 3.71. The van der Waals surface area contributed by atoms with Crippen LogP contribution in [0, 0.1) is 0 Å². The van der Waals surface area contributed by atoms with Gasteiger partial charge in [0.15, 0.2) is 11.5 Å². The third kappa shape index (κ3) is 5.95. The molecule has 0 aliphatic carbocycles. The van der Waals surface area contributed by atoms with Crippen molar-refractivity contribution in [2.24, 2.45) is 0 Å². The predicted molar refractivity (Wildman–Crippen MR) is 123 cm³/mol. The lowest BCUT2D eigenvalue weighted by atomic mass is 10.1. The van der Waals surface area contributed by atoms with Gasteiger partial charge in [-0.15, -0.1) is 0 Å². The number of carbonyl (C=O) groups excluding carboxylic acids is 2. The summed E-state index contributed by atoms with van der Waals surface area (Å²) in [4.78, 5) is 31.1. The summed E-state index contributed by atoms with van der Waals surface area (Å²) < 4.78 is 11.0. The molecular formula is C24H27N5O4. The van der Waals surface area contributed by atoms with Crippen molar-refractivity contribution >= 4 is 17.6 Å². The Labute approximate surface area is 192 Å². The second-order valence-electron chi connectivity index (χ2n) is 8.09. The number of morpholine rings is 1. The standard InChI is InChI=1S/C24H27N5O4/c1-16-14-29(15-17(2)32-16)22-9-8-18(11-25-22)12-26-23(30)13-27-24(31)20-10-21(33-28-20)19-6-4-3-5-7-19/h3-11,16-17H,12-15H2,1-2H3,(H,26,30)(H,27,31). The third-order valence-corrected chi connectivity index (χ3v) is 5.25. The average molecular weight is 450 g/mol. The number of aromatic nitrogens is 2. The lowest BCUT2D eigenvalue weighted by Gasteiger charge is -2.36. The number of hydrogen-bond acceptors (Lipinski definition) is 7. The molecule has 1 fully saturated rings. The van der Waals surface area contributed by atoms with Gasteiger partial charge in [-0.2, -0.15) is 0 Å². The first-order valence-corrected chi connectivity index (χ1v) is 10.9. The van der Waals surface area contributed by atoms with E-state index in [1.165, 1.54) is 0 Å². The lowest BCUT2D eigenvalue weighted by molar-refractivity contribution is -0.120. The molecule has 9 nitrogen and oxygen atoms in total. The molecule has 9 heteroatoms. The SMILES string of the molecule is CC1CN(c2ccc(CNC(=O)CNC(=O)c3cc(-c4ccccc4)on3)cn2)CC(C)O1. The fraction of sp³-hybridized carbons (Fsp3) is 0.333. The summed E-state index contributed by atoms with van der Waals surface area (Å²) in [6.45, 7) is 5.85. The van der Waals surface area contributed by atoms with Crippen LogP contribution in [0.25, 0.3) is 11.3 Å². The van der Waals surface area contributed by atoms with Gasteiger partial charge in [0.25, 0.3) is 5.91 Å². The van der Waals surface area contributed by atoms with Crippen LogP contribution in [0.1, 0.15) is 29.9 Å². The smallest absolute Gasteiger partial charge is 0.273 e. The Morgan fingerprint density at radius 3 is 2.52 bits per heavy atom. The number of hydrogen-bond donors (Lipinski definition) is 2. The van der Waals surface area contributed by atoms with E-state index in [2.05, 4.69) is 39.5 Å². The summed E-state index contributed by atoms with van der Waals surface area (Å²) in [6.07, 6.45) is 2.07. The molecule has 3 heterocycles. The maximum absolute atomic E-state index is 12.3. The molecule has 33 heavy (non-hydrogen) atoms. The molecule has 1 aromatic carbocycles. The Morgan fingerprint density at radius 2 is 1.82 bits per heavy atom. The Kier molecular flexibility index (Phi) is 6.99. The summed E-state index contributed by atoms with van der Waals surface area (Å²) >= 11 is 0. The van der Waals surface area contributed by atoms with Crippen molar-refractivity contribution in [1.29, 1.82) is 0 Å². The third-order valence-electron chi connectivity index (χ3n) is 5.25. The molecule has 2 atom stereocenters. The topological polar surface area (TPSA) is 110 Å². The van der Waals surface area contributed by atoms with Gasteiger partial charge >= 0.3 is 0 Å². The summed E-state index contributed by atoms with van der Waals surface area (Å²) in [5.41, 5.74) is 1.81. The van der Waals surface area contributed by atoms with Crippen LogP contribution in [0.15, 0.2) is 59.3 Å². The van der Waals surface area contributed by atoms with E-state index in [-0.39, 0.29) is 30.4 Å². The number of nitrogens with one attached hydrogen (secondary N) is 2. The minimum absolute atomic E-state index is 0.119. The zero-order valence-corrected chi connectivity index (χ0v) is 18.7. The first-order valence-electron chi connectivity index (χ1n) is 10.9. The van der Waals surface area contributed by atoms with E-state index in [4.69, 9.17) is 9.26 Å². The molecule has 4 rings (SSSR count). The summed E-state index contributed by atoms with van der Waals surface area (Å²) in [5, 5.41) is 9.11. The highest BCUT2D eigenvalue weighted by Crippen LogP contribution is 2.20. The molecule has 0 radical (unpaired) electrons. The maximum Gasteiger partial charge on any atom is 0.273 e. The zero-order valence-electron chi connectivity index (χ0n) is 18.7. The van der Waals surface area contributed by atoms with Gasteiger partial charge in [0.1, 0.15) is 5.82 Å². The number of nitrogens with zero attached hydrogens (tertiary/aromatic N) is 3. The number of rotatable bonds is 7. The molecular weight excluding hydrogens is 422 g/mol. The molecule has 0 spiro atoms. The summed E-state index contributed by atoms with van der Waals surface area (Å²) in [6, 6.07) is 14.8. The molecule has 0 saturated carbocycles. The van der Waals surface area contributed by atoms with E-state index in [0.717, 1.165) is 30.0 Å². The van der Waals surface area contributed by atoms with Crippen LogP contribution in [-0.4, -0.2) is 53.8 Å². The highest BCUT2D eigenvalue weighted by atomic mass is 16.5. The van der Waals surface area contributed by atoms with E-state index in [1.807, 2.05) is 42.5 Å². The first kappa shape index (κ1) is 22.5. The van der Waals surface area contributed by atoms with Crippen molar-refractivity contribution in [3.8, 4) is 11.3 Å². The van der Waals surface area contributed by atoms with Gasteiger partial charge in [0.2, 0.25) is 5.91 Å². The van der Waals surface area contributed by atoms with Crippen LogP contribution in [0.3, 0.4) is 0 Å².